The van der Waals surface area contributed by atoms with Gasteiger partial charge in [0.15, 0.2) is 17.3 Å². The molecule has 1 aromatic heterocycles. The Morgan fingerprint density at radius 1 is 0.943 bits per heavy atom. The number of nitrogens with one attached hydrogen (secondary N) is 3. The lowest BCUT2D eigenvalue weighted by atomic mass is 9.72. The highest BCUT2D eigenvalue weighted by Gasteiger charge is 2.41. The number of fused-ring (bicyclic) bond motifs is 1. The predicted molar refractivity (Wildman–Crippen MR) is 133 cm³/mol. The standard InChI is InChI=1S/C25H23Cl2N3O5/c1-33-17-9-12(10-18(34-2)23(17)35-3)11-7-15-20(16(31)8-11)19(13-5-4-6-14(26)22(13)27)21-24(28-15)29-30-25(21)32/h4-6,9-11,19H,7-8H2,1-3H3,(H3,28,29,30,32)/t11-,19-/m0/s1. The van der Waals surface area contributed by atoms with Crippen LogP contribution in [0.15, 0.2) is 46.4 Å². The van der Waals surface area contributed by atoms with Crippen LogP contribution in [0.3, 0.4) is 0 Å². The fourth-order valence-electron chi connectivity index (χ4n) is 5.05. The van der Waals surface area contributed by atoms with Gasteiger partial charge in [0.1, 0.15) is 5.82 Å². The van der Waals surface area contributed by atoms with Crippen molar-refractivity contribution < 1.29 is 19.0 Å². The van der Waals surface area contributed by atoms with Gasteiger partial charge in [0.05, 0.1) is 36.9 Å². The van der Waals surface area contributed by atoms with E-state index >= 15 is 0 Å². The summed E-state index contributed by atoms with van der Waals surface area (Å²) in [5.41, 5.74) is 2.83. The van der Waals surface area contributed by atoms with Crippen LogP contribution in [-0.2, 0) is 4.79 Å². The Hall–Kier alpha value is -3.36. The zero-order valence-corrected chi connectivity index (χ0v) is 20.8. The second-order valence-electron chi connectivity index (χ2n) is 8.45. The number of aromatic nitrogens is 2. The van der Waals surface area contributed by atoms with Gasteiger partial charge < -0.3 is 19.5 Å². The largest absolute Gasteiger partial charge is 0.493 e. The number of ketones is 1. The summed E-state index contributed by atoms with van der Waals surface area (Å²) >= 11 is 12.9. The van der Waals surface area contributed by atoms with Crippen molar-refractivity contribution in [2.45, 2.75) is 24.7 Å². The molecule has 35 heavy (non-hydrogen) atoms. The Bertz CT molecular complexity index is 1400. The number of hydrogen-bond acceptors (Lipinski definition) is 6. The Morgan fingerprint density at radius 3 is 2.31 bits per heavy atom. The number of methoxy groups -OCH3 is 3. The number of benzene rings is 2. The van der Waals surface area contributed by atoms with Crippen LogP contribution in [0.1, 0.15) is 41.4 Å². The molecule has 0 bridgehead atoms. The number of aromatic amines is 2. The zero-order chi connectivity index (χ0) is 24.9. The average Bonchev–Trinajstić information content (AvgIpc) is 3.23. The van der Waals surface area contributed by atoms with Crippen molar-refractivity contribution in [2.24, 2.45) is 0 Å². The molecule has 0 spiro atoms. The van der Waals surface area contributed by atoms with E-state index in [-0.39, 0.29) is 23.7 Å². The number of rotatable bonds is 5. The lowest BCUT2D eigenvalue weighted by Gasteiger charge is -2.35. The number of Topliss-reactive ketones (excluding diaryl/α,β-unsaturated/α-hetero) is 1. The van der Waals surface area contributed by atoms with Crippen LogP contribution < -0.4 is 25.1 Å². The molecule has 3 aromatic rings. The summed E-state index contributed by atoms with van der Waals surface area (Å²) in [7, 11) is 4.66. The Morgan fingerprint density at radius 2 is 1.66 bits per heavy atom. The van der Waals surface area contributed by atoms with Crippen LogP contribution in [0.4, 0.5) is 5.82 Å². The molecule has 182 valence electrons. The molecular weight excluding hydrogens is 493 g/mol. The molecule has 2 aromatic carbocycles. The summed E-state index contributed by atoms with van der Waals surface area (Å²) in [6.07, 6.45) is 0.770. The number of carbonyl (C=O) groups is 1. The minimum Gasteiger partial charge on any atom is -0.493 e. The summed E-state index contributed by atoms with van der Waals surface area (Å²) in [6, 6.07) is 8.96. The maximum Gasteiger partial charge on any atom is 0.270 e. The van der Waals surface area contributed by atoms with Gasteiger partial charge in [-0.3, -0.25) is 19.8 Å². The quantitative estimate of drug-likeness (QED) is 0.441. The minimum absolute atomic E-state index is 0.0789. The van der Waals surface area contributed by atoms with E-state index in [9.17, 15) is 9.59 Å². The number of allylic oxidation sites excluding steroid dienone is 2. The third-order valence-corrected chi connectivity index (χ3v) is 7.46. The van der Waals surface area contributed by atoms with Gasteiger partial charge in [-0.1, -0.05) is 35.3 Å². The summed E-state index contributed by atoms with van der Waals surface area (Å²) < 4.78 is 16.4. The van der Waals surface area contributed by atoms with E-state index in [0.717, 1.165) is 11.3 Å². The second kappa shape index (κ2) is 9.02. The first-order chi connectivity index (χ1) is 16.9. The Kier molecular flexibility index (Phi) is 6.02. The van der Waals surface area contributed by atoms with E-state index in [1.165, 1.54) is 0 Å². The van der Waals surface area contributed by atoms with Gasteiger partial charge in [0.2, 0.25) is 5.75 Å². The maximum absolute atomic E-state index is 13.7. The van der Waals surface area contributed by atoms with E-state index in [4.69, 9.17) is 37.4 Å². The molecule has 8 nitrogen and oxygen atoms in total. The Labute approximate surface area is 211 Å². The number of carbonyl (C=O) groups excluding carboxylic acids is 1. The lowest BCUT2D eigenvalue weighted by Crippen LogP contribution is -2.31. The number of ether oxygens (including phenoxy) is 3. The van der Waals surface area contributed by atoms with Crippen molar-refractivity contribution in [1.29, 1.82) is 0 Å². The molecule has 3 N–H and O–H groups in total. The number of H-pyrrole nitrogens is 2. The van der Waals surface area contributed by atoms with Crippen LogP contribution >= 0.6 is 23.2 Å². The first-order valence-electron chi connectivity index (χ1n) is 11.0. The van der Waals surface area contributed by atoms with Crippen molar-refractivity contribution in [3.8, 4) is 17.2 Å². The van der Waals surface area contributed by atoms with Crippen LogP contribution in [-0.4, -0.2) is 37.3 Å². The molecule has 1 aliphatic heterocycles. The average molecular weight is 516 g/mol. The van der Waals surface area contributed by atoms with Crippen molar-refractivity contribution in [1.82, 2.24) is 10.2 Å². The highest BCUT2D eigenvalue weighted by Crippen LogP contribution is 2.50. The van der Waals surface area contributed by atoms with E-state index in [0.29, 0.717) is 56.2 Å². The summed E-state index contributed by atoms with van der Waals surface area (Å²) in [5, 5.41) is 9.46. The fourth-order valence-corrected chi connectivity index (χ4v) is 5.47. The van der Waals surface area contributed by atoms with E-state index in [2.05, 4.69) is 15.5 Å². The second-order valence-corrected chi connectivity index (χ2v) is 9.23. The summed E-state index contributed by atoms with van der Waals surface area (Å²) in [6.45, 7) is 0. The van der Waals surface area contributed by atoms with Gasteiger partial charge >= 0.3 is 0 Å². The van der Waals surface area contributed by atoms with E-state index in [1.54, 1.807) is 39.5 Å². The van der Waals surface area contributed by atoms with Crippen molar-refractivity contribution in [3.05, 3.63) is 78.7 Å². The van der Waals surface area contributed by atoms with Gasteiger partial charge in [-0.05, 0) is 41.7 Å². The molecule has 2 heterocycles. The topological polar surface area (TPSA) is 105 Å². The molecule has 10 heteroatoms. The highest BCUT2D eigenvalue weighted by atomic mass is 35.5. The molecule has 1 aliphatic carbocycles. The number of halogens is 2. The predicted octanol–water partition coefficient (Wildman–Crippen LogP) is 4.99. The lowest BCUT2D eigenvalue weighted by molar-refractivity contribution is -0.116. The Balaban J connectivity index is 1.63. The van der Waals surface area contributed by atoms with Gasteiger partial charge in [-0.2, -0.15) is 0 Å². The van der Waals surface area contributed by atoms with Crippen LogP contribution in [0.25, 0.3) is 0 Å². The molecule has 2 atom stereocenters. The fraction of sp³-hybridized carbons (Fsp3) is 0.280. The first kappa shape index (κ1) is 23.4. The van der Waals surface area contributed by atoms with Crippen molar-refractivity contribution in [2.75, 3.05) is 26.6 Å². The monoisotopic (exact) mass is 515 g/mol. The summed E-state index contributed by atoms with van der Waals surface area (Å²) in [4.78, 5) is 26.4. The third-order valence-electron chi connectivity index (χ3n) is 6.63. The van der Waals surface area contributed by atoms with Gasteiger partial charge in [0.25, 0.3) is 5.56 Å². The zero-order valence-electron chi connectivity index (χ0n) is 19.3. The molecule has 0 fully saturated rings. The normalized spacial score (nSPS) is 19.1. The maximum atomic E-state index is 13.7. The van der Waals surface area contributed by atoms with Crippen LogP contribution in [0.5, 0.6) is 17.2 Å². The molecule has 5 rings (SSSR count). The molecule has 0 radical (unpaired) electrons. The molecule has 0 unspecified atom stereocenters. The van der Waals surface area contributed by atoms with Gasteiger partial charge in [-0.25, -0.2) is 0 Å². The van der Waals surface area contributed by atoms with E-state index in [1.807, 2.05) is 12.1 Å². The van der Waals surface area contributed by atoms with Crippen molar-refractivity contribution >= 4 is 34.8 Å². The van der Waals surface area contributed by atoms with E-state index < -0.39 is 5.92 Å². The molecule has 0 saturated heterocycles. The number of anilines is 1. The molecule has 2 aliphatic rings. The minimum atomic E-state index is -0.643. The third kappa shape index (κ3) is 3.77. The molecule has 0 saturated carbocycles. The molecular formula is C25H23Cl2N3O5. The van der Waals surface area contributed by atoms with Crippen LogP contribution in [0.2, 0.25) is 10.0 Å². The van der Waals surface area contributed by atoms with Gasteiger partial charge in [0, 0.05) is 23.6 Å². The highest BCUT2D eigenvalue weighted by molar-refractivity contribution is 6.42. The smallest absolute Gasteiger partial charge is 0.270 e. The first-order valence-corrected chi connectivity index (χ1v) is 11.7. The van der Waals surface area contributed by atoms with Crippen LogP contribution in [0, 0.1) is 0 Å². The summed E-state index contributed by atoms with van der Waals surface area (Å²) in [5.74, 6) is 1.17. The molecule has 0 amide bonds. The SMILES string of the molecule is COc1cc([C@@H]2CC(=O)C3=C(C2)Nc2[nH][nH]c(=O)c2[C@H]3c2cccc(Cl)c2Cl)cc(OC)c1OC. The number of hydrogen-bond donors (Lipinski definition) is 3. The van der Waals surface area contributed by atoms with Crippen molar-refractivity contribution in [3.63, 3.8) is 0 Å². The van der Waals surface area contributed by atoms with Gasteiger partial charge in [-0.15, -0.1) is 0 Å².